The van der Waals surface area contributed by atoms with E-state index in [1.807, 2.05) is 13.8 Å². The summed E-state index contributed by atoms with van der Waals surface area (Å²) in [5.41, 5.74) is 0. The molecule has 1 aliphatic rings. The molecule has 2 N–H and O–H groups in total. The van der Waals surface area contributed by atoms with Crippen molar-refractivity contribution >= 4 is 10.1 Å². The molecule has 0 aliphatic heterocycles. The summed E-state index contributed by atoms with van der Waals surface area (Å²) >= 11 is 0. The van der Waals surface area contributed by atoms with Crippen molar-refractivity contribution in [2.24, 2.45) is 11.8 Å². The fourth-order valence-electron chi connectivity index (χ4n) is 1.70. The van der Waals surface area contributed by atoms with Gasteiger partial charge in [-0.25, -0.2) is 0 Å². The Morgan fingerprint density at radius 2 is 1.58 bits per heavy atom. The highest BCUT2D eigenvalue weighted by molar-refractivity contribution is 7.87. The van der Waals surface area contributed by atoms with Gasteiger partial charge in [-0.1, -0.05) is 13.8 Å². The van der Waals surface area contributed by atoms with Crippen molar-refractivity contribution in [3.05, 3.63) is 0 Å². The molecular formula is C7H14O4S. The summed E-state index contributed by atoms with van der Waals surface area (Å²) in [7, 11) is -4.31. The Bertz CT molecular complexity index is 259. The van der Waals surface area contributed by atoms with Crippen LogP contribution in [0.2, 0.25) is 0 Å². The second kappa shape index (κ2) is 2.68. The highest BCUT2D eigenvalue weighted by Gasteiger charge is 2.49. The summed E-state index contributed by atoms with van der Waals surface area (Å²) < 4.78 is 30.2. The highest BCUT2D eigenvalue weighted by Crippen LogP contribution is 2.41. The zero-order valence-electron chi connectivity index (χ0n) is 7.19. The van der Waals surface area contributed by atoms with E-state index >= 15 is 0 Å². The second-order valence-electron chi connectivity index (χ2n) is 3.78. The van der Waals surface area contributed by atoms with E-state index in [0.29, 0.717) is 0 Å². The van der Waals surface area contributed by atoms with Gasteiger partial charge in [0.05, 0.1) is 0 Å². The number of hydrogen-bond donors (Lipinski definition) is 2. The third-order valence-electron chi connectivity index (χ3n) is 2.73. The summed E-state index contributed by atoms with van der Waals surface area (Å²) in [5, 5.41) is 9.53. The van der Waals surface area contributed by atoms with E-state index in [2.05, 4.69) is 0 Å². The molecule has 0 spiro atoms. The van der Waals surface area contributed by atoms with Crippen LogP contribution in [0.1, 0.15) is 26.7 Å². The first-order valence-corrected chi connectivity index (χ1v) is 5.40. The van der Waals surface area contributed by atoms with Gasteiger partial charge in [0.25, 0.3) is 10.1 Å². The largest absolute Gasteiger partial charge is 0.372 e. The van der Waals surface area contributed by atoms with E-state index in [0.717, 1.165) is 0 Å². The molecule has 0 saturated heterocycles. The minimum absolute atomic E-state index is 0.132. The molecule has 0 aromatic rings. The van der Waals surface area contributed by atoms with Gasteiger partial charge < -0.3 is 5.11 Å². The maximum Gasteiger partial charge on any atom is 0.294 e. The lowest BCUT2D eigenvalue weighted by Crippen LogP contribution is -2.35. The summed E-state index contributed by atoms with van der Waals surface area (Å²) in [6, 6.07) is 0. The molecule has 0 aromatic carbocycles. The van der Waals surface area contributed by atoms with Crippen molar-refractivity contribution < 1.29 is 18.1 Å². The zero-order chi connectivity index (χ0) is 9.57. The Morgan fingerprint density at radius 3 is 1.75 bits per heavy atom. The number of aliphatic hydroxyl groups is 1. The molecule has 12 heavy (non-hydrogen) atoms. The van der Waals surface area contributed by atoms with Crippen LogP contribution < -0.4 is 0 Å². The molecule has 4 nitrogen and oxygen atoms in total. The van der Waals surface area contributed by atoms with E-state index in [-0.39, 0.29) is 24.7 Å². The molecule has 0 bridgehead atoms. The summed E-state index contributed by atoms with van der Waals surface area (Å²) in [6.07, 6.45) is 0.264. The normalized spacial score (nSPS) is 43.3. The minimum atomic E-state index is -4.31. The van der Waals surface area contributed by atoms with Gasteiger partial charge in [0, 0.05) is 0 Å². The van der Waals surface area contributed by atoms with Crippen LogP contribution >= 0.6 is 0 Å². The predicted octanol–water partition coefficient (Wildman–Crippen LogP) is 0.629. The van der Waals surface area contributed by atoms with Crippen molar-refractivity contribution in [1.82, 2.24) is 0 Å². The molecule has 1 aliphatic carbocycles. The van der Waals surface area contributed by atoms with Crippen LogP contribution in [0.25, 0.3) is 0 Å². The Labute approximate surface area is 72.3 Å². The summed E-state index contributed by atoms with van der Waals surface area (Å²) in [4.78, 5) is -1.90. The van der Waals surface area contributed by atoms with E-state index in [1.165, 1.54) is 0 Å². The van der Waals surface area contributed by atoms with Gasteiger partial charge >= 0.3 is 0 Å². The van der Waals surface area contributed by atoms with Crippen LogP contribution in [0.4, 0.5) is 0 Å². The quantitative estimate of drug-likeness (QED) is 0.600. The molecule has 0 amide bonds. The van der Waals surface area contributed by atoms with E-state index in [1.54, 1.807) is 0 Å². The van der Waals surface area contributed by atoms with Gasteiger partial charge in [-0.3, -0.25) is 4.55 Å². The van der Waals surface area contributed by atoms with Crippen LogP contribution in [0, 0.1) is 11.8 Å². The first-order valence-electron chi connectivity index (χ1n) is 3.96. The van der Waals surface area contributed by atoms with Crippen molar-refractivity contribution in [3.8, 4) is 0 Å². The smallest absolute Gasteiger partial charge is 0.294 e. The van der Waals surface area contributed by atoms with Gasteiger partial charge in [0.15, 0.2) is 4.93 Å². The molecule has 0 aromatic heterocycles. The Kier molecular flexibility index (Phi) is 2.22. The van der Waals surface area contributed by atoms with E-state index < -0.39 is 15.1 Å². The molecule has 1 saturated carbocycles. The van der Waals surface area contributed by atoms with Crippen molar-refractivity contribution in [3.63, 3.8) is 0 Å². The first kappa shape index (κ1) is 9.95. The third-order valence-corrected chi connectivity index (χ3v) is 4.03. The second-order valence-corrected chi connectivity index (χ2v) is 5.49. The van der Waals surface area contributed by atoms with Crippen LogP contribution in [0.3, 0.4) is 0 Å². The molecule has 1 rings (SSSR count). The lowest BCUT2D eigenvalue weighted by Gasteiger charge is -2.17. The van der Waals surface area contributed by atoms with E-state index in [9.17, 15) is 13.5 Å². The molecule has 1 fully saturated rings. The monoisotopic (exact) mass is 194 g/mol. The highest BCUT2D eigenvalue weighted by atomic mass is 32.2. The standard InChI is InChI=1S/C7H14O4S/c1-5-3-7(8,4-6(5)2)12(9,10)11/h5-6,8H,3-4H2,1-2H3,(H,9,10,11). The Balaban J connectivity index is 2.92. The molecule has 72 valence electrons. The molecule has 5 heteroatoms. The van der Waals surface area contributed by atoms with Gasteiger partial charge in [-0.15, -0.1) is 0 Å². The fourth-order valence-corrected chi connectivity index (χ4v) is 2.65. The lowest BCUT2D eigenvalue weighted by molar-refractivity contribution is 0.114. The molecule has 0 radical (unpaired) electrons. The predicted molar refractivity (Wildman–Crippen MR) is 44.1 cm³/mol. The summed E-state index contributed by atoms with van der Waals surface area (Å²) in [6.45, 7) is 3.74. The fraction of sp³-hybridized carbons (Fsp3) is 1.00. The van der Waals surface area contributed by atoms with Crippen LogP contribution in [-0.4, -0.2) is 23.0 Å². The molecular weight excluding hydrogens is 180 g/mol. The van der Waals surface area contributed by atoms with Gasteiger partial charge in [-0.2, -0.15) is 8.42 Å². The maximum atomic E-state index is 10.8. The van der Waals surface area contributed by atoms with Crippen LogP contribution in [0.5, 0.6) is 0 Å². The molecule has 2 atom stereocenters. The first-order chi connectivity index (χ1) is 5.26. The van der Waals surface area contributed by atoms with Crippen molar-refractivity contribution in [1.29, 1.82) is 0 Å². The topological polar surface area (TPSA) is 74.6 Å². The van der Waals surface area contributed by atoms with Crippen LogP contribution in [-0.2, 0) is 10.1 Å². The van der Waals surface area contributed by atoms with Gasteiger partial charge in [0.1, 0.15) is 0 Å². The number of rotatable bonds is 1. The Hall–Kier alpha value is -0.130. The zero-order valence-corrected chi connectivity index (χ0v) is 8.00. The van der Waals surface area contributed by atoms with E-state index in [4.69, 9.17) is 4.55 Å². The van der Waals surface area contributed by atoms with Crippen molar-refractivity contribution in [2.45, 2.75) is 31.6 Å². The minimum Gasteiger partial charge on any atom is -0.372 e. The third kappa shape index (κ3) is 1.48. The van der Waals surface area contributed by atoms with Gasteiger partial charge in [0.2, 0.25) is 0 Å². The van der Waals surface area contributed by atoms with Crippen LogP contribution in [0.15, 0.2) is 0 Å². The average molecular weight is 194 g/mol. The average Bonchev–Trinajstić information content (AvgIpc) is 2.06. The maximum absolute atomic E-state index is 10.8. The van der Waals surface area contributed by atoms with Gasteiger partial charge in [-0.05, 0) is 24.7 Å². The Morgan fingerprint density at radius 1 is 1.25 bits per heavy atom. The molecule has 0 heterocycles. The van der Waals surface area contributed by atoms with Crippen molar-refractivity contribution in [2.75, 3.05) is 0 Å². The summed E-state index contributed by atoms with van der Waals surface area (Å²) in [5.74, 6) is 0.272. The molecule has 2 unspecified atom stereocenters. The SMILES string of the molecule is CC1CC(O)(S(=O)(=O)O)CC1C. The lowest BCUT2D eigenvalue weighted by atomic mass is 10.0. The number of hydrogen-bond acceptors (Lipinski definition) is 3.